The van der Waals surface area contributed by atoms with Gasteiger partial charge in [0.05, 0.1) is 11.9 Å². The lowest BCUT2D eigenvalue weighted by atomic mass is 10.2. The minimum atomic E-state index is -1.20. The number of thioether (sulfide) groups is 1. The van der Waals surface area contributed by atoms with Gasteiger partial charge in [0.15, 0.2) is 11.2 Å². The summed E-state index contributed by atoms with van der Waals surface area (Å²) >= 11 is 1.54. The van der Waals surface area contributed by atoms with E-state index >= 15 is 0 Å². The minimum absolute atomic E-state index is 0.0148. The molecule has 0 saturated heterocycles. The lowest BCUT2D eigenvalue weighted by Crippen LogP contribution is -2.27. The number of aromatic nitrogens is 3. The lowest BCUT2D eigenvalue weighted by molar-refractivity contribution is 0.0690. The van der Waals surface area contributed by atoms with E-state index in [1.807, 2.05) is 6.26 Å². The number of carboxylic acids is 1. The molecule has 2 aromatic rings. The summed E-state index contributed by atoms with van der Waals surface area (Å²) in [4.78, 5) is 23.1. The van der Waals surface area contributed by atoms with E-state index in [1.54, 1.807) is 6.92 Å². The van der Waals surface area contributed by atoms with Crippen LogP contribution in [-0.4, -0.2) is 38.0 Å². The Kier molecular flexibility index (Phi) is 3.37. The monoisotopic (exact) mass is 269 g/mol. The predicted molar refractivity (Wildman–Crippen MR) is 66.1 cm³/mol. The van der Waals surface area contributed by atoms with Crippen LogP contribution in [0.1, 0.15) is 16.2 Å². The van der Waals surface area contributed by atoms with Crippen molar-refractivity contribution in [2.45, 2.75) is 13.5 Å². The average Bonchev–Trinajstić information content (AvgIpc) is 2.71. The molecule has 2 rings (SSSR count). The molecule has 0 bridgehead atoms. The fourth-order valence-electron chi connectivity index (χ4n) is 1.61. The first-order valence-electron chi connectivity index (χ1n) is 5.15. The topological polar surface area (TPSA) is 98.2 Å². The summed E-state index contributed by atoms with van der Waals surface area (Å²) in [5, 5.41) is 16.8. The molecule has 0 unspecified atom stereocenters. The highest BCUT2D eigenvalue weighted by Gasteiger charge is 2.21. The number of aromatic carboxylic acids is 1. The maximum absolute atomic E-state index is 12.0. The largest absolute Gasteiger partial charge is 0.476 e. The zero-order valence-electron chi connectivity index (χ0n) is 9.84. The molecule has 2 aromatic heterocycles. The second-order valence-corrected chi connectivity index (χ2v) is 4.62. The third kappa shape index (κ3) is 1.99. The van der Waals surface area contributed by atoms with E-state index in [2.05, 4.69) is 10.3 Å². The van der Waals surface area contributed by atoms with E-state index in [0.29, 0.717) is 12.3 Å². The number of carboxylic acid groups (broad SMARTS) is 1. The normalized spacial score (nSPS) is 11.0. The van der Waals surface area contributed by atoms with Crippen LogP contribution >= 0.6 is 11.8 Å². The van der Waals surface area contributed by atoms with Gasteiger partial charge < -0.3 is 9.63 Å². The Bertz CT molecular complexity index is 661. The number of rotatable bonds is 4. The summed E-state index contributed by atoms with van der Waals surface area (Å²) in [7, 11) is 0. The summed E-state index contributed by atoms with van der Waals surface area (Å²) in [6.07, 6.45) is 1.89. The molecular weight excluding hydrogens is 258 g/mol. The third-order valence-corrected chi connectivity index (χ3v) is 3.06. The Morgan fingerprint density at radius 3 is 2.89 bits per heavy atom. The van der Waals surface area contributed by atoms with E-state index in [4.69, 9.17) is 9.63 Å². The van der Waals surface area contributed by atoms with Crippen molar-refractivity contribution in [3.8, 4) is 0 Å². The molecular formula is C10H11N3O4S. The van der Waals surface area contributed by atoms with Gasteiger partial charge in [-0.3, -0.25) is 4.79 Å². The molecule has 96 valence electrons. The van der Waals surface area contributed by atoms with E-state index in [9.17, 15) is 9.59 Å². The number of hydrogen-bond acceptors (Lipinski definition) is 6. The first-order chi connectivity index (χ1) is 8.56. The molecule has 0 fully saturated rings. The Balaban J connectivity index is 2.72. The molecule has 0 radical (unpaired) electrons. The summed E-state index contributed by atoms with van der Waals surface area (Å²) in [6.45, 7) is 1.89. The van der Waals surface area contributed by atoms with Gasteiger partial charge in [-0.25, -0.2) is 9.48 Å². The Morgan fingerprint density at radius 2 is 2.28 bits per heavy atom. The zero-order valence-corrected chi connectivity index (χ0v) is 10.7. The Labute approximate surface area is 106 Å². The van der Waals surface area contributed by atoms with Crippen LogP contribution in [0.15, 0.2) is 9.32 Å². The van der Waals surface area contributed by atoms with E-state index in [1.165, 1.54) is 11.8 Å². The molecule has 0 spiro atoms. The van der Waals surface area contributed by atoms with E-state index in [0.717, 1.165) is 4.68 Å². The number of aryl methyl sites for hydroxylation is 2. The first kappa shape index (κ1) is 12.6. The van der Waals surface area contributed by atoms with Crippen molar-refractivity contribution in [2.75, 3.05) is 12.0 Å². The van der Waals surface area contributed by atoms with Gasteiger partial charge >= 0.3 is 5.97 Å². The third-order valence-electron chi connectivity index (χ3n) is 2.47. The molecule has 0 aliphatic rings. The van der Waals surface area contributed by atoms with Crippen LogP contribution in [0.5, 0.6) is 0 Å². The van der Waals surface area contributed by atoms with Crippen LogP contribution in [0.4, 0.5) is 0 Å². The molecule has 1 N–H and O–H groups in total. The standard InChI is InChI=1S/C10H11N3O4S/c1-5-6-7(12-17-5)9(14)13(3-4-18-2)11-8(6)10(15)16/h3-4H2,1-2H3,(H,15,16). The van der Waals surface area contributed by atoms with Gasteiger partial charge in [-0.2, -0.15) is 16.9 Å². The molecule has 0 aliphatic heterocycles. The summed E-state index contributed by atoms with van der Waals surface area (Å²) in [6, 6.07) is 0. The predicted octanol–water partition coefficient (Wildman–Crippen LogP) is 0.754. The van der Waals surface area contributed by atoms with Crippen molar-refractivity contribution in [3.63, 3.8) is 0 Å². The van der Waals surface area contributed by atoms with Crippen LogP contribution in [0.2, 0.25) is 0 Å². The maximum atomic E-state index is 12.0. The SMILES string of the molecule is CSCCn1nc(C(=O)O)c2c(C)onc2c1=O. The summed E-state index contributed by atoms with van der Waals surface area (Å²) in [5.74, 6) is -0.262. The van der Waals surface area contributed by atoms with Crippen LogP contribution in [0.25, 0.3) is 10.9 Å². The van der Waals surface area contributed by atoms with Gasteiger partial charge in [0.2, 0.25) is 0 Å². The molecule has 18 heavy (non-hydrogen) atoms. The number of fused-ring (bicyclic) bond motifs is 1. The highest BCUT2D eigenvalue weighted by atomic mass is 32.2. The van der Waals surface area contributed by atoms with Gasteiger partial charge in [0.1, 0.15) is 5.76 Å². The lowest BCUT2D eigenvalue weighted by Gasteiger charge is -2.04. The van der Waals surface area contributed by atoms with Crippen LogP contribution in [-0.2, 0) is 6.54 Å². The average molecular weight is 269 g/mol. The quantitative estimate of drug-likeness (QED) is 0.874. The van der Waals surface area contributed by atoms with Crippen molar-refractivity contribution < 1.29 is 14.4 Å². The molecule has 0 amide bonds. The summed E-state index contributed by atoms with van der Waals surface area (Å²) < 4.78 is 5.99. The van der Waals surface area contributed by atoms with Crippen molar-refractivity contribution in [1.29, 1.82) is 0 Å². The number of hydrogen-bond donors (Lipinski definition) is 1. The highest BCUT2D eigenvalue weighted by Crippen LogP contribution is 2.17. The number of carbonyl (C=O) groups is 1. The smallest absolute Gasteiger partial charge is 0.357 e. The molecule has 2 heterocycles. The van der Waals surface area contributed by atoms with Crippen molar-refractivity contribution in [3.05, 3.63) is 21.8 Å². The van der Waals surface area contributed by atoms with Crippen molar-refractivity contribution in [1.82, 2.24) is 14.9 Å². The van der Waals surface area contributed by atoms with E-state index < -0.39 is 11.5 Å². The van der Waals surface area contributed by atoms with Crippen LogP contribution in [0.3, 0.4) is 0 Å². The van der Waals surface area contributed by atoms with Gasteiger partial charge in [-0.05, 0) is 13.2 Å². The first-order valence-corrected chi connectivity index (χ1v) is 6.55. The second kappa shape index (κ2) is 4.81. The van der Waals surface area contributed by atoms with Gasteiger partial charge in [0, 0.05) is 5.75 Å². The van der Waals surface area contributed by atoms with E-state index in [-0.39, 0.29) is 22.4 Å². The zero-order chi connectivity index (χ0) is 13.3. The molecule has 0 aromatic carbocycles. The van der Waals surface area contributed by atoms with Crippen molar-refractivity contribution in [2.24, 2.45) is 0 Å². The van der Waals surface area contributed by atoms with Crippen LogP contribution < -0.4 is 5.56 Å². The Morgan fingerprint density at radius 1 is 1.56 bits per heavy atom. The van der Waals surface area contributed by atoms with Gasteiger partial charge in [-0.15, -0.1) is 0 Å². The highest BCUT2D eigenvalue weighted by molar-refractivity contribution is 7.98. The van der Waals surface area contributed by atoms with Crippen molar-refractivity contribution >= 4 is 28.6 Å². The fraction of sp³-hybridized carbons (Fsp3) is 0.400. The van der Waals surface area contributed by atoms with Gasteiger partial charge in [-0.1, -0.05) is 5.16 Å². The molecule has 7 nitrogen and oxygen atoms in total. The van der Waals surface area contributed by atoms with Crippen LogP contribution in [0, 0.1) is 6.92 Å². The van der Waals surface area contributed by atoms with Gasteiger partial charge in [0.25, 0.3) is 5.56 Å². The number of nitrogens with zero attached hydrogens (tertiary/aromatic N) is 3. The fourth-order valence-corrected chi connectivity index (χ4v) is 1.97. The molecule has 0 atom stereocenters. The second-order valence-electron chi connectivity index (χ2n) is 3.64. The molecule has 0 aliphatic carbocycles. The Hall–Kier alpha value is -1.83. The maximum Gasteiger partial charge on any atom is 0.357 e. The molecule has 8 heteroatoms. The minimum Gasteiger partial charge on any atom is -0.476 e. The summed E-state index contributed by atoms with van der Waals surface area (Å²) in [5.41, 5.74) is -0.619. The molecule has 0 saturated carbocycles.